The van der Waals surface area contributed by atoms with E-state index in [-0.39, 0.29) is 23.3 Å². The first-order valence-electron chi connectivity index (χ1n) is 15.9. The van der Waals surface area contributed by atoms with Crippen molar-refractivity contribution in [3.63, 3.8) is 0 Å². The number of unbranched alkanes of at least 4 members (excludes halogenated alkanes) is 14. The summed E-state index contributed by atoms with van der Waals surface area (Å²) < 4.78 is 78.9. The van der Waals surface area contributed by atoms with Gasteiger partial charge in [-0.25, -0.2) is 9.59 Å². The first-order chi connectivity index (χ1) is 22.1. The van der Waals surface area contributed by atoms with Gasteiger partial charge in [0, 0.05) is 12.1 Å². The van der Waals surface area contributed by atoms with E-state index in [1.807, 2.05) is 0 Å². The monoisotopic (exact) mass is 702 g/mol. The number of carbonyl (C=O) groups excluding carboxylic acids is 1. The van der Waals surface area contributed by atoms with Crippen LogP contribution in [0.2, 0.25) is 0 Å². The Morgan fingerprint density at radius 3 is 1.60 bits per heavy atom. The Kier molecular flexibility index (Phi) is 16.4. The maximum absolute atomic E-state index is 13.4. The summed E-state index contributed by atoms with van der Waals surface area (Å²) in [6, 6.07) is 3.78. The first kappa shape index (κ1) is 39.8. The SMILES string of the molecule is CCCCCCCCCCCCCCCCCc1cc(OS(=O)(=O)O)cc(OS(=O)(=O)O)c1C(=O)Oc1cc(C)c(C(=O)O)c(O)c1. The number of aromatic hydroxyl groups is 1. The summed E-state index contributed by atoms with van der Waals surface area (Å²) in [5.74, 6) is -5.06. The van der Waals surface area contributed by atoms with Crippen LogP contribution in [0.5, 0.6) is 23.0 Å². The van der Waals surface area contributed by atoms with Gasteiger partial charge in [0.05, 0.1) is 0 Å². The summed E-state index contributed by atoms with van der Waals surface area (Å²) in [4.78, 5) is 24.7. The van der Waals surface area contributed by atoms with E-state index in [9.17, 15) is 45.7 Å². The molecule has 15 heteroatoms. The molecule has 0 heterocycles. The molecule has 0 radical (unpaired) electrons. The lowest BCUT2D eigenvalue weighted by atomic mass is 9.98. The summed E-state index contributed by atoms with van der Waals surface area (Å²) in [6.07, 6.45) is 16.8. The fourth-order valence-corrected chi connectivity index (χ4v) is 6.04. The molecule has 0 aromatic heterocycles. The maximum atomic E-state index is 13.4. The third-order valence-electron chi connectivity index (χ3n) is 7.52. The van der Waals surface area contributed by atoms with Gasteiger partial charge in [-0.05, 0) is 43.0 Å². The molecule has 0 unspecified atom stereocenters. The molecule has 0 aliphatic carbocycles. The van der Waals surface area contributed by atoms with Gasteiger partial charge in [0.2, 0.25) is 0 Å². The third-order valence-corrected chi connectivity index (χ3v) is 8.31. The number of aromatic carboxylic acids is 1. The van der Waals surface area contributed by atoms with Crippen molar-refractivity contribution in [1.29, 1.82) is 0 Å². The van der Waals surface area contributed by atoms with E-state index in [2.05, 4.69) is 15.3 Å². The quantitative estimate of drug-likeness (QED) is 0.0385. The van der Waals surface area contributed by atoms with Crippen LogP contribution in [0.1, 0.15) is 135 Å². The van der Waals surface area contributed by atoms with Crippen LogP contribution in [0.3, 0.4) is 0 Å². The predicted octanol–water partition coefficient (Wildman–Crippen LogP) is 7.40. The van der Waals surface area contributed by atoms with E-state index >= 15 is 0 Å². The highest BCUT2D eigenvalue weighted by Gasteiger charge is 2.27. The second-order valence-electron chi connectivity index (χ2n) is 11.5. The fourth-order valence-electron chi connectivity index (χ4n) is 5.34. The average molecular weight is 703 g/mol. The smallest absolute Gasteiger partial charge is 0.446 e. The van der Waals surface area contributed by atoms with Crippen molar-refractivity contribution >= 4 is 32.7 Å². The van der Waals surface area contributed by atoms with Gasteiger partial charge in [-0.3, -0.25) is 9.11 Å². The number of carboxylic acid groups (broad SMARTS) is 1. The summed E-state index contributed by atoms with van der Waals surface area (Å²) in [5, 5.41) is 19.4. The Hall–Kier alpha value is -3.40. The highest BCUT2D eigenvalue weighted by Crippen LogP contribution is 2.34. The zero-order valence-electron chi connectivity index (χ0n) is 26.9. The molecule has 0 aliphatic heterocycles. The second kappa shape index (κ2) is 19.4. The summed E-state index contributed by atoms with van der Waals surface area (Å²) >= 11 is 0. The molecule has 0 amide bonds. The summed E-state index contributed by atoms with van der Waals surface area (Å²) in [6.45, 7) is 3.57. The molecule has 0 saturated carbocycles. The van der Waals surface area contributed by atoms with E-state index in [0.29, 0.717) is 18.9 Å². The van der Waals surface area contributed by atoms with Crippen molar-refractivity contribution in [2.45, 2.75) is 117 Å². The van der Waals surface area contributed by atoms with E-state index < -0.39 is 61.1 Å². The molecule has 4 N–H and O–H groups in total. The molecular weight excluding hydrogens is 656 g/mol. The van der Waals surface area contributed by atoms with Gasteiger partial charge in [0.25, 0.3) is 0 Å². The average Bonchev–Trinajstić information content (AvgIpc) is 2.92. The van der Waals surface area contributed by atoms with Gasteiger partial charge in [0.15, 0.2) is 5.75 Å². The molecule has 0 spiro atoms. The molecule has 0 aliphatic rings. The lowest BCUT2D eigenvalue weighted by Gasteiger charge is -2.16. The lowest BCUT2D eigenvalue weighted by Crippen LogP contribution is -2.17. The van der Waals surface area contributed by atoms with Crippen LogP contribution in [-0.4, -0.2) is 48.1 Å². The van der Waals surface area contributed by atoms with Gasteiger partial charge in [-0.1, -0.05) is 96.8 Å². The van der Waals surface area contributed by atoms with Crippen LogP contribution in [0, 0.1) is 6.92 Å². The molecule has 0 fully saturated rings. The van der Waals surface area contributed by atoms with Crippen molar-refractivity contribution in [3.8, 4) is 23.0 Å². The number of carbonyl (C=O) groups is 2. The van der Waals surface area contributed by atoms with Crippen molar-refractivity contribution < 1.29 is 58.8 Å². The topological polar surface area (TPSA) is 211 Å². The minimum absolute atomic E-state index is 0.0209. The van der Waals surface area contributed by atoms with Gasteiger partial charge in [-0.2, -0.15) is 16.8 Å². The molecule has 0 saturated heterocycles. The standard InChI is InChI=1S/C32H46O13S2/c1-3-4-5-6-7-8-9-10-11-12-13-14-15-16-17-18-24-20-26(44-46(37,38)39)22-28(45-47(40,41)42)30(24)32(36)43-25-19-23(2)29(31(34)35)27(33)21-25/h19-22,33H,3-18H2,1-2H3,(H,34,35)(H,37,38,39)(H,40,41,42). The number of aryl methyl sites for hydroxylation is 2. The summed E-state index contributed by atoms with van der Waals surface area (Å²) in [5.41, 5.74) is -0.840. The van der Waals surface area contributed by atoms with Crippen LogP contribution in [-0.2, 0) is 27.2 Å². The maximum Gasteiger partial charge on any atom is 0.446 e. The Morgan fingerprint density at radius 2 is 1.15 bits per heavy atom. The zero-order valence-corrected chi connectivity index (χ0v) is 28.5. The number of hydrogen-bond acceptors (Lipinski definition) is 10. The highest BCUT2D eigenvalue weighted by molar-refractivity contribution is 7.81. The number of rotatable bonds is 23. The molecule has 0 bridgehead atoms. The third kappa shape index (κ3) is 15.4. The number of ether oxygens (including phenoxy) is 1. The van der Waals surface area contributed by atoms with Crippen molar-refractivity contribution in [2.24, 2.45) is 0 Å². The number of hydrogen-bond donors (Lipinski definition) is 4. The number of benzene rings is 2. The van der Waals surface area contributed by atoms with E-state index in [4.69, 9.17) is 4.74 Å². The van der Waals surface area contributed by atoms with Crippen LogP contribution < -0.4 is 13.1 Å². The first-order valence-corrected chi connectivity index (χ1v) is 18.6. The van der Waals surface area contributed by atoms with Gasteiger partial charge < -0.3 is 23.3 Å². The highest BCUT2D eigenvalue weighted by atomic mass is 32.3. The van der Waals surface area contributed by atoms with Crippen molar-refractivity contribution in [2.75, 3.05) is 0 Å². The normalized spacial score (nSPS) is 11.7. The van der Waals surface area contributed by atoms with Crippen LogP contribution >= 0.6 is 0 Å². The molecule has 13 nitrogen and oxygen atoms in total. The predicted molar refractivity (Wildman–Crippen MR) is 174 cm³/mol. The molecule has 2 rings (SSSR count). The van der Waals surface area contributed by atoms with Gasteiger partial charge >= 0.3 is 32.7 Å². The second-order valence-corrected chi connectivity index (χ2v) is 13.6. The Morgan fingerprint density at radius 1 is 0.660 bits per heavy atom. The number of carboxylic acids is 1. The van der Waals surface area contributed by atoms with Gasteiger partial charge in [-0.15, -0.1) is 0 Å². The molecular formula is C32H46O13S2. The van der Waals surface area contributed by atoms with Crippen LogP contribution in [0.25, 0.3) is 0 Å². The number of phenols is 1. The molecule has 2 aromatic carbocycles. The van der Waals surface area contributed by atoms with Crippen molar-refractivity contribution in [3.05, 3.63) is 46.5 Å². The fraction of sp³-hybridized carbons (Fsp3) is 0.562. The Labute approximate surface area is 277 Å². The van der Waals surface area contributed by atoms with Crippen LogP contribution in [0.15, 0.2) is 24.3 Å². The molecule has 264 valence electrons. The van der Waals surface area contributed by atoms with E-state index in [1.165, 1.54) is 64.7 Å². The zero-order chi connectivity index (χ0) is 35.0. The Balaban J connectivity index is 2.12. The minimum Gasteiger partial charge on any atom is -0.507 e. The molecule has 47 heavy (non-hydrogen) atoms. The summed E-state index contributed by atoms with van der Waals surface area (Å²) in [7, 11) is -10.3. The lowest BCUT2D eigenvalue weighted by molar-refractivity contribution is 0.0692. The van der Waals surface area contributed by atoms with Gasteiger partial charge in [0.1, 0.15) is 28.4 Å². The van der Waals surface area contributed by atoms with Crippen molar-refractivity contribution in [1.82, 2.24) is 0 Å². The molecule has 0 atom stereocenters. The Bertz CT molecular complexity index is 1530. The van der Waals surface area contributed by atoms with E-state index in [1.54, 1.807) is 0 Å². The largest absolute Gasteiger partial charge is 0.507 e. The number of esters is 1. The molecule has 2 aromatic rings. The van der Waals surface area contributed by atoms with Crippen LogP contribution in [0.4, 0.5) is 0 Å². The van der Waals surface area contributed by atoms with E-state index in [0.717, 1.165) is 43.9 Å². The minimum atomic E-state index is -5.24.